The molecule has 135 heavy (non-hydrogen) atoms. The first-order chi connectivity index (χ1) is 66.0. The van der Waals surface area contributed by atoms with Crippen molar-refractivity contribution in [3.05, 3.63) is 499 Å². The van der Waals surface area contributed by atoms with Gasteiger partial charge in [-0.1, -0.05) is 371 Å². The van der Waals surface area contributed by atoms with Crippen LogP contribution in [-0.4, -0.2) is 34.5 Å². The van der Waals surface area contributed by atoms with E-state index in [1.807, 2.05) is 60.7 Å². The van der Waals surface area contributed by atoms with E-state index >= 15 is 0 Å². The quantitative estimate of drug-likeness (QED) is 0.120. The molecule has 1 spiro atoms. The minimum Gasteiger partial charge on any atom is -0.310 e. The molecule has 4 aromatic heterocycles. The number of hydrogen-bond acceptors (Lipinski definition) is 8. The summed E-state index contributed by atoms with van der Waals surface area (Å²) in [6.07, 6.45) is 0. The first-order valence-corrected chi connectivity index (χ1v) is 46.5. The Morgan fingerprint density at radius 2 is 0.444 bits per heavy atom. The van der Waals surface area contributed by atoms with Gasteiger partial charge in [0.15, 0.2) is 17.5 Å². The van der Waals surface area contributed by atoms with Crippen molar-refractivity contribution >= 4 is 55.9 Å². The summed E-state index contributed by atoms with van der Waals surface area (Å²) >= 11 is 0. The molecule has 0 N–H and O–H groups in total. The van der Waals surface area contributed by atoms with Gasteiger partial charge in [0.2, 0.25) is 0 Å². The van der Waals surface area contributed by atoms with Gasteiger partial charge in [-0.3, -0.25) is 0 Å². The number of anilines is 6. The zero-order chi connectivity index (χ0) is 91.5. The van der Waals surface area contributed by atoms with Crippen LogP contribution in [0.2, 0.25) is 0 Å². The Morgan fingerprint density at radius 3 is 0.726 bits per heavy atom. The molecule has 0 saturated heterocycles. The predicted molar refractivity (Wildman–Crippen MR) is 559 cm³/mol. The number of fused-ring (bicyclic) bond motifs is 14. The largest absolute Gasteiger partial charge is 0.310 e. The summed E-state index contributed by atoms with van der Waals surface area (Å²) in [4.78, 5) is 35.0. The topological polar surface area (TPSA) is 88.8 Å². The van der Waals surface area contributed by atoms with Gasteiger partial charge in [-0.05, 0) is 206 Å². The summed E-state index contributed by atoms with van der Waals surface area (Å²) in [6.45, 7) is 18.3. The van der Waals surface area contributed by atoms with Gasteiger partial charge in [-0.2, -0.15) is 0 Å². The lowest BCUT2D eigenvalue weighted by molar-refractivity contribution is 0.590. The van der Waals surface area contributed by atoms with E-state index in [0.717, 1.165) is 101 Å². The second-order valence-corrected chi connectivity index (χ2v) is 37.7. The second kappa shape index (κ2) is 34.6. The van der Waals surface area contributed by atoms with Crippen LogP contribution in [0.1, 0.15) is 99.9 Å². The molecule has 0 fully saturated rings. The van der Waals surface area contributed by atoms with Crippen LogP contribution in [0.3, 0.4) is 0 Å². The van der Waals surface area contributed by atoms with Crippen molar-refractivity contribution in [1.82, 2.24) is 34.5 Å². The van der Waals surface area contributed by atoms with Crippen LogP contribution in [0, 0.1) is 0 Å². The fraction of sp³-hybridized carbons (Fsp3) is 0.0952. The molecule has 6 heterocycles. The summed E-state index contributed by atoms with van der Waals surface area (Å²) in [5.74, 6) is 2.13. The van der Waals surface area contributed by atoms with Gasteiger partial charge < -0.3 is 14.4 Å². The Bertz CT molecular complexity index is 7590. The number of para-hydroxylation sites is 4. The summed E-state index contributed by atoms with van der Waals surface area (Å²) in [5, 5.41) is 2.58. The van der Waals surface area contributed by atoms with Crippen molar-refractivity contribution < 1.29 is 0 Å². The highest BCUT2D eigenvalue weighted by molar-refractivity contribution is 6.10. The van der Waals surface area contributed by atoms with Crippen LogP contribution in [-0.2, 0) is 21.7 Å². The zero-order valence-corrected chi connectivity index (χ0v) is 76.8. The molecule has 0 radical (unpaired) electrons. The van der Waals surface area contributed by atoms with Gasteiger partial charge >= 0.3 is 0 Å². The molecule has 17 aromatic carbocycles. The smallest absolute Gasteiger partial charge is 0.160 e. The van der Waals surface area contributed by atoms with Crippen LogP contribution >= 0.6 is 0 Å². The molecule has 24 rings (SSSR count). The maximum absolute atomic E-state index is 5.08. The van der Waals surface area contributed by atoms with Crippen molar-refractivity contribution in [3.8, 4) is 119 Å². The fourth-order valence-corrected chi connectivity index (χ4v) is 20.1. The highest BCUT2D eigenvalue weighted by Gasteiger charge is 2.52. The lowest BCUT2D eigenvalue weighted by Crippen LogP contribution is -2.36. The van der Waals surface area contributed by atoms with Crippen molar-refractivity contribution in [2.75, 3.05) is 9.80 Å². The van der Waals surface area contributed by atoms with E-state index in [4.69, 9.17) is 29.9 Å². The van der Waals surface area contributed by atoms with E-state index in [1.54, 1.807) is 0 Å². The van der Waals surface area contributed by atoms with Gasteiger partial charge in [0.25, 0.3) is 0 Å². The van der Waals surface area contributed by atoms with E-state index in [2.05, 4.69) is 464 Å². The van der Waals surface area contributed by atoms with Crippen LogP contribution in [0.15, 0.2) is 455 Å². The Balaban J connectivity index is 0.000000118. The molecular formula is C126H99N9. The summed E-state index contributed by atoms with van der Waals surface area (Å²) in [6, 6.07) is 161. The molecule has 2 aliphatic heterocycles. The van der Waals surface area contributed by atoms with Crippen LogP contribution in [0.4, 0.5) is 34.1 Å². The third kappa shape index (κ3) is 15.5. The first-order valence-electron chi connectivity index (χ1n) is 46.5. The van der Waals surface area contributed by atoms with E-state index in [-0.39, 0.29) is 16.2 Å². The molecule has 21 aromatic rings. The fourth-order valence-electron chi connectivity index (χ4n) is 20.1. The minimum atomic E-state index is -0.420. The van der Waals surface area contributed by atoms with Gasteiger partial charge in [0, 0.05) is 83.3 Å². The Labute approximate surface area is 789 Å². The highest BCUT2D eigenvalue weighted by atomic mass is 15.2. The molecule has 9 heteroatoms. The molecule has 0 atom stereocenters. The number of rotatable bonds is 12. The monoisotopic (exact) mass is 1740 g/mol. The number of benzene rings is 17. The third-order valence-corrected chi connectivity index (χ3v) is 26.9. The average Bonchev–Trinajstić information content (AvgIpc) is 1.59. The van der Waals surface area contributed by atoms with Crippen molar-refractivity contribution in [2.45, 2.75) is 77.0 Å². The van der Waals surface area contributed by atoms with Crippen LogP contribution in [0.5, 0.6) is 0 Å². The van der Waals surface area contributed by atoms with Crippen LogP contribution in [0.25, 0.3) is 140 Å². The second-order valence-electron chi connectivity index (χ2n) is 37.7. The first kappa shape index (κ1) is 84.0. The van der Waals surface area contributed by atoms with Crippen molar-refractivity contribution in [3.63, 3.8) is 0 Å². The summed E-state index contributed by atoms with van der Waals surface area (Å²) < 4.78 is 2.39. The van der Waals surface area contributed by atoms with Gasteiger partial charge in [-0.25, -0.2) is 29.9 Å². The average molecular weight is 1740 g/mol. The Hall–Kier alpha value is -16.6. The Kier molecular flexibility index (Phi) is 21.5. The zero-order valence-electron chi connectivity index (χ0n) is 76.8. The molecule has 1 aliphatic carbocycles. The third-order valence-electron chi connectivity index (χ3n) is 26.9. The lowest BCUT2D eigenvalue weighted by atomic mass is 9.64. The summed E-state index contributed by atoms with van der Waals surface area (Å²) in [7, 11) is 0. The molecular weight excluding hydrogens is 1640 g/mol. The van der Waals surface area contributed by atoms with Gasteiger partial charge in [0.05, 0.1) is 73.4 Å². The maximum Gasteiger partial charge on any atom is 0.160 e. The highest BCUT2D eigenvalue weighted by Crippen LogP contribution is 2.64. The van der Waals surface area contributed by atoms with E-state index in [1.165, 1.54) is 100 Å². The molecule has 0 unspecified atom stereocenters. The summed E-state index contributed by atoms with van der Waals surface area (Å²) in [5.41, 5.74) is 38.2. The normalized spacial score (nSPS) is 13.0. The van der Waals surface area contributed by atoms with Gasteiger partial charge in [0.1, 0.15) is 0 Å². The Morgan fingerprint density at radius 1 is 0.207 bits per heavy atom. The van der Waals surface area contributed by atoms with Crippen molar-refractivity contribution in [2.24, 2.45) is 0 Å². The molecule has 0 amide bonds. The van der Waals surface area contributed by atoms with E-state index in [0.29, 0.717) is 17.5 Å². The molecule has 3 aliphatic rings. The number of nitrogens with zero attached hydrogens (tertiary/aromatic N) is 9. The molecule has 648 valence electrons. The SMILES string of the molecule is CC(C)(C)c1ccc2c(c1)c1cc(C(C)(C)C)ccc1n2-c1ccc(-c2nc(-c3ccccc3)cc(-c3ccccc3)n2)cc1.CC1(C)c2ccccc2N(c2ccc(-c3nc(-c4ccccc4)cc(-c4ccccc4)n3)cc2)c2ccccc21.c1ccc(-c2cc(-c3ccccc3)nc(-c3ccc(N4c5ccccc5C5(c6ccccc6-c6ccccc65)c5ccccc54)cc3)n2)cc1. The molecule has 0 bridgehead atoms. The number of aromatic nitrogens is 7. The van der Waals surface area contributed by atoms with E-state index < -0.39 is 5.41 Å². The lowest BCUT2D eigenvalue weighted by Gasteiger charge is -2.45. The van der Waals surface area contributed by atoms with Crippen molar-refractivity contribution in [1.29, 1.82) is 0 Å². The predicted octanol–water partition coefficient (Wildman–Crippen LogP) is 32.4. The van der Waals surface area contributed by atoms with Crippen LogP contribution < -0.4 is 9.80 Å². The minimum absolute atomic E-state index is 0.0682. The standard InChI is InChI=1S/C47H31N3.C42H39N3.C37H29N3/c1-3-15-32(16-4-1)42-31-43(33-17-5-2-6-18-33)49-46(48-42)34-27-29-35(30-28-34)50-44-25-13-11-23-40(44)47(41-24-12-14-26-45(41)50)38-21-9-7-19-36(38)37-20-8-10-22-39(37)47;1-41(2,3)31-19-23-38-34(25-31)35-26-32(42(4,5)6)20-24-39(35)45(38)33-21-17-30(18-22-33)40-43-36(28-13-9-7-10-14-28)27-37(44-40)29-15-11-8-12-16-29;1-37(2)30-17-9-11-19-34(30)40(35-20-12-10-18-31(35)37)29-23-21-28(22-24-29)36-38-32(26-13-5-3-6-14-26)25-33(39-36)27-15-7-4-8-16-27/h1-31H;7-27H,1-6H3;3-25H,1-2H3. The molecule has 0 saturated carbocycles. The maximum atomic E-state index is 5.08. The van der Waals surface area contributed by atoms with Gasteiger partial charge in [-0.15, -0.1) is 0 Å². The number of hydrogen-bond donors (Lipinski definition) is 0. The molecule has 9 nitrogen and oxygen atoms in total. The van der Waals surface area contributed by atoms with E-state index in [9.17, 15) is 0 Å².